The van der Waals surface area contributed by atoms with Gasteiger partial charge in [-0.25, -0.2) is 4.39 Å². The smallest absolute Gasteiger partial charge is 0.124 e. The third kappa shape index (κ3) is 2.07. The number of likely N-dealkylation sites (N-methyl/N-ethyl adjacent to an activating group) is 1. The number of nitrogens with one attached hydrogen (secondary N) is 1. The molecule has 2 rings (SSSR count). The molecule has 0 heterocycles. The molecule has 14 heavy (non-hydrogen) atoms. The van der Waals surface area contributed by atoms with E-state index in [1.807, 2.05) is 13.1 Å². The van der Waals surface area contributed by atoms with Gasteiger partial charge in [0.1, 0.15) is 5.82 Å². The first-order chi connectivity index (χ1) is 6.63. The summed E-state index contributed by atoms with van der Waals surface area (Å²) in [4.78, 5) is 0. The molecule has 0 aromatic heterocycles. The number of benzene rings is 1. The summed E-state index contributed by atoms with van der Waals surface area (Å²) in [7, 11) is 1.95. The maximum Gasteiger partial charge on any atom is 0.124 e. The van der Waals surface area contributed by atoms with Crippen LogP contribution in [0.15, 0.2) is 18.2 Å². The summed E-state index contributed by atoms with van der Waals surface area (Å²) in [6, 6.07) is 4.73. The fourth-order valence-corrected chi connectivity index (χ4v) is 2.01. The summed E-state index contributed by atoms with van der Waals surface area (Å²) in [5, 5.41) is 3.75. The lowest BCUT2D eigenvalue weighted by atomic mass is 10.0. The fraction of sp³-hybridized carbons (Fsp3) is 0.455. The minimum Gasteiger partial charge on any atom is -0.314 e. The average Bonchev–Trinajstić information content (AvgIpc) is 2.83. The molecule has 0 bridgehead atoms. The Hall–Kier alpha value is -0.600. The Morgan fingerprint density at radius 2 is 2.14 bits per heavy atom. The molecule has 0 unspecified atom stereocenters. The molecule has 0 atom stereocenters. The van der Waals surface area contributed by atoms with Crippen LogP contribution in [0, 0.1) is 5.82 Å². The van der Waals surface area contributed by atoms with Crippen LogP contribution in [0.4, 0.5) is 4.39 Å². The van der Waals surface area contributed by atoms with E-state index in [4.69, 9.17) is 11.6 Å². The van der Waals surface area contributed by atoms with Gasteiger partial charge in [-0.05, 0) is 50.1 Å². The van der Waals surface area contributed by atoms with Gasteiger partial charge < -0.3 is 5.32 Å². The SMILES string of the molecule is CNC1(Cc2cc(F)cc(Cl)c2)CC1. The Balaban J connectivity index is 2.16. The first-order valence-corrected chi connectivity index (χ1v) is 5.15. The van der Waals surface area contributed by atoms with Crippen molar-refractivity contribution < 1.29 is 4.39 Å². The zero-order valence-corrected chi connectivity index (χ0v) is 8.87. The molecule has 1 N–H and O–H groups in total. The second-order valence-electron chi connectivity index (χ2n) is 3.98. The molecule has 1 nitrogen and oxygen atoms in total. The van der Waals surface area contributed by atoms with Crippen molar-refractivity contribution >= 4 is 11.6 Å². The lowest BCUT2D eigenvalue weighted by Gasteiger charge is -2.13. The molecule has 1 aliphatic carbocycles. The Labute approximate surface area is 88.3 Å². The van der Waals surface area contributed by atoms with E-state index >= 15 is 0 Å². The third-order valence-corrected chi connectivity index (χ3v) is 3.07. The maximum absolute atomic E-state index is 13.0. The van der Waals surface area contributed by atoms with Gasteiger partial charge in [-0.2, -0.15) is 0 Å². The van der Waals surface area contributed by atoms with Crippen LogP contribution >= 0.6 is 11.6 Å². The average molecular weight is 214 g/mol. The highest BCUT2D eigenvalue weighted by Gasteiger charge is 2.40. The standard InChI is InChI=1S/C11H13ClFN/c1-14-11(2-3-11)7-8-4-9(12)6-10(13)5-8/h4-6,14H,2-3,7H2,1H3. The molecule has 1 saturated carbocycles. The van der Waals surface area contributed by atoms with Gasteiger partial charge in [-0.1, -0.05) is 11.6 Å². The molecule has 0 aliphatic heterocycles. The van der Waals surface area contributed by atoms with Gasteiger partial charge in [0, 0.05) is 10.6 Å². The summed E-state index contributed by atoms with van der Waals surface area (Å²) in [5.41, 5.74) is 1.18. The Morgan fingerprint density at radius 1 is 1.43 bits per heavy atom. The van der Waals surface area contributed by atoms with Crippen LogP contribution in [0.1, 0.15) is 18.4 Å². The summed E-state index contributed by atoms with van der Waals surface area (Å²) in [6.45, 7) is 0. The summed E-state index contributed by atoms with van der Waals surface area (Å²) >= 11 is 5.78. The summed E-state index contributed by atoms with van der Waals surface area (Å²) in [5.74, 6) is -0.251. The minimum atomic E-state index is -0.251. The van der Waals surface area contributed by atoms with Crippen LogP contribution in [0.5, 0.6) is 0 Å². The monoisotopic (exact) mass is 213 g/mol. The van der Waals surface area contributed by atoms with Gasteiger partial charge in [-0.15, -0.1) is 0 Å². The molecule has 1 fully saturated rings. The molecule has 76 valence electrons. The van der Waals surface area contributed by atoms with Crippen LogP contribution in [0.25, 0.3) is 0 Å². The zero-order chi connectivity index (χ0) is 10.2. The fourth-order valence-electron chi connectivity index (χ4n) is 1.77. The quantitative estimate of drug-likeness (QED) is 0.814. The second-order valence-corrected chi connectivity index (χ2v) is 4.42. The molecule has 0 amide bonds. The highest BCUT2D eigenvalue weighted by Crippen LogP contribution is 2.38. The van der Waals surface area contributed by atoms with Crippen molar-refractivity contribution in [2.24, 2.45) is 0 Å². The van der Waals surface area contributed by atoms with Crippen molar-refractivity contribution in [3.63, 3.8) is 0 Å². The van der Waals surface area contributed by atoms with Crippen molar-refractivity contribution in [1.29, 1.82) is 0 Å². The van der Waals surface area contributed by atoms with Crippen LogP contribution in [-0.4, -0.2) is 12.6 Å². The molecular weight excluding hydrogens is 201 g/mol. The number of hydrogen-bond donors (Lipinski definition) is 1. The third-order valence-electron chi connectivity index (χ3n) is 2.85. The topological polar surface area (TPSA) is 12.0 Å². The number of hydrogen-bond acceptors (Lipinski definition) is 1. The Morgan fingerprint density at radius 3 is 2.64 bits per heavy atom. The molecule has 0 saturated heterocycles. The lowest BCUT2D eigenvalue weighted by molar-refractivity contribution is 0.545. The molecule has 3 heteroatoms. The highest BCUT2D eigenvalue weighted by atomic mass is 35.5. The van der Waals surface area contributed by atoms with Crippen molar-refractivity contribution in [3.05, 3.63) is 34.6 Å². The van der Waals surface area contributed by atoms with Gasteiger partial charge in [0.15, 0.2) is 0 Å². The Bertz CT molecular complexity index is 327. The van der Waals surface area contributed by atoms with Gasteiger partial charge >= 0.3 is 0 Å². The van der Waals surface area contributed by atoms with Crippen molar-refractivity contribution in [2.45, 2.75) is 24.8 Å². The summed E-state index contributed by atoms with van der Waals surface area (Å²) < 4.78 is 13.0. The highest BCUT2D eigenvalue weighted by molar-refractivity contribution is 6.30. The van der Waals surface area contributed by atoms with E-state index in [2.05, 4.69) is 5.32 Å². The summed E-state index contributed by atoms with van der Waals surface area (Å²) in [6.07, 6.45) is 3.19. The van der Waals surface area contributed by atoms with E-state index in [9.17, 15) is 4.39 Å². The number of rotatable bonds is 3. The van der Waals surface area contributed by atoms with Crippen molar-refractivity contribution in [2.75, 3.05) is 7.05 Å². The van der Waals surface area contributed by atoms with E-state index in [1.165, 1.54) is 6.07 Å². The lowest BCUT2D eigenvalue weighted by Crippen LogP contribution is -2.29. The van der Waals surface area contributed by atoms with Crippen LogP contribution < -0.4 is 5.32 Å². The molecule has 0 radical (unpaired) electrons. The molecule has 1 aromatic carbocycles. The predicted molar refractivity (Wildman–Crippen MR) is 56.1 cm³/mol. The molecule has 1 aromatic rings. The molecular formula is C11H13ClFN. The van der Waals surface area contributed by atoms with Crippen LogP contribution in [0.2, 0.25) is 5.02 Å². The second kappa shape index (κ2) is 3.52. The zero-order valence-electron chi connectivity index (χ0n) is 8.11. The van der Waals surface area contributed by atoms with E-state index in [1.54, 1.807) is 6.07 Å². The molecule has 0 spiro atoms. The molecule has 1 aliphatic rings. The largest absolute Gasteiger partial charge is 0.314 e. The van der Waals surface area contributed by atoms with E-state index < -0.39 is 0 Å². The van der Waals surface area contributed by atoms with Crippen LogP contribution in [0.3, 0.4) is 0 Å². The minimum absolute atomic E-state index is 0.205. The first kappa shape index (κ1) is 9.94. The van der Waals surface area contributed by atoms with Gasteiger partial charge in [0.05, 0.1) is 0 Å². The van der Waals surface area contributed by atoms with E-state index in [0.29, 0.717) is 5.02 Å². The van der Waals surface area contributed by atoms with Crippen molar-refractivity contribution in [3.8, 4) is 0 Å². The van der Waals surface area contributed by atoms with Gasteiger partial charge in [-0.3, -0.25) is 0 Å². The predicted octanol–water partition coefficient (Wildman–Crippen LogP) is 2.77. The van der Waals surface area contributed by atoms with Gasteiger partial charge in [0.2, 0.25) is 0 Å². The van der Waals surface area contributed by atoms with E-state index in [-0.39, 0.29) is 11.4 Å². The number of halogens is 2. The van der Waals surface area contributed by atoms with E-state index in [0.717, 1.165) is 24.8 Å². The normalized spacial score (nSPS) is 18.2. The Kier molecular flexibility index (Phi) is 2.50. The van der Waals surface area contributed by atoms with Crippen LogP contribution in [-0.2, 0) is 6.42 Å². The van der Waals surface area contributed by atoms with Crippen molar-refractivity contribution in [1.82, 2.24) is 5.32 Å². The maximum atomic E-state index is 13.0. The van der Waals surface area contributed by atoms with Gasteiger partial charge in [0.25, 0.3) is 0 Å². The first-order valence-electron chi connectivity index (χ1n) is 4.77.